The van der Waals surface area contributed by atoms with E-state index in [1.54, 1.807) is 0 Å². The van der Waals surface area contributed by atoms with E-state index >= 15 is 0 Å². The number of rotatable bonds is 6. The average Bonchev–Trinajstić information content (AvgIpc) is 2.43. The van der Waals surface area contributed by atoms with E-state index in [2.05, 4.69) is 37.5 Å². The monoisotopic (exact) mass is 354 g/mol. The summed E-state index contributed by atoms with van der Waals surface area (Å²) < 4.78 is 0. The molecule has 6 heteroatoms. The quantitative estimate of drug-likeness (QED) is 0.569. The van der Waals surface area contributed by atoms with Crippen molar-refractivity contribution >= 4 is 70.6 Å². The Hall–Kier alpha value is 1.32. The molecule has 0 unspecified atom stereocenters. The first-order chi connectivity index (χ1) is 8.69. The lowest BCUT2D eigenvalue weighted by Gasteiger charge is -2.21. The minimum Gasteiger partial charge on any atom is -0.127 e. The van der Waals surface area contributed by atoms with Gasteiger partial charge in [0.2, 0.25) is 0 Å². The molecule has 0 N–H and O–H groups in total. The second-order valence-electron chi connectivity index (χ2n) is 3.20. The van der Waals surface area contributed by atoms with Gasteiger partial charge in [-0.05, 0) is 37.5 Å². The Morgan fingerprint density at radius 1 is 0.333 bits per heavy atom. The molecule has 18 heavy (non-hydrogen) atoms. The van der Waals surface area contributed by atoms with Gasteiger partial charge in [-0.25, -0.2) is 0 Å². The van der Waals surface area contributed by atoms with Crippen LogP contribution in [0.15, 0.2) is 29.4 Å². The van der Waals surface area contributed by atoms with Gasteiger partial charge in [-0.1, -0.05) is 0 Å². The van der Waals surface area contributed by atoms with Crippen LogP contribution in [0.5, 0.6) is 0 Å². The Balaban J connectivity index is 3.71. The minimum absolute atomic E-state index is 1.45. The Morgan fingerprint density at radius 3 is 0.500 bits per heavy atom. The summed E-state index contributed by atoms with van der Waals surface area (Å²) >= 11 is 11.2. The smallest absolute Gasteiger partial charge is 0.0365 e. The largest absolute Gasteiger partial charge is 0.127 e. The fourth-order valence-electron chi connectivity index (χ4n) is 1.73. The summed E-state index contributed by atoms with van der Waals surface area (Å²) in [7, 11) is 0. The van der Waals surface area contributed by atoms with Crippen LogP contribution < -0.4 is 0 Å². The molecule has 0 saturated heterocycles. The summed E-state index contributed by atoms with van der Waals surface area (Å²) in [6, 6.07) is 0. The summed E-state index contributed by atoms with van der Waals surface area (Å²) in [5.41, 5.74) is 0. The predicted molar refractivity (Wildman–Crippen MR) is 97.1 cm³/mol. The highest BCUT2D eigenvalue weighted by Gasteiger charge is 2.21. The molecule has 1 aromatic carbocycles. The van der Waals surface area contributed by atoms with Crippen molar-refractivity contribution in [3.63, 3.8) is 0 Å². The van der Waals surface area contributed by atoms with Crippen LogP contribution in [0.1, 0.15) is 0 Å². The molecule has 0 atom stereocenters. The summed E-state index contributed by atoms with van der Waals surface area (Å²) in [4.78, 5) is 8.68. The van der Waals surface area contributed by atoms with Crippen LogP contribution in [-0.2, 0) is 0 Å². The maximum absolute atomic E-state index is 2.18. The predicted octanol–water partition coefficient (Wildman–Crippen LogP) is 6.02. The van der Waals surface area contributed by atoms with Gasteiger partial charge in [-0.3, -0.25) is 0 Å². The summed E-state index contributed by atoms with van der Waals surface area (Å²) in [6.07, 6.45) is 13.1. The van der Waals surface area contributed by atoms with Gasteiger partial charge >= 0.3 is 0 Å². The molecular weight excluding hydrogens is 337 g/mol. The molecule has 0 heterocycles. The van der Waals surface area contributed by atoms with Crippen LogP contribution >= 0.6 is 70.6 Å². The Morgan fingerprint density at radius 2 is 0.444 bits per heavy atom. The highest BCUT2D eigenvalue weighted by atomic mass is 32.2. The van der Waals surface area contributed by atoms with Crippen molar-refractivity contribution < 1.29 is 0 Å². The highest BCUT2D eigenvalue weighted by molar-refractivity contribution is 8.06. The number of hydrogen-bond donors (Lipinski definition) is 0. The fourth-order valence-corrected chi connectivity index (χ4v) is 8.57. The second-order valence-corrected chi connectivity index (χ2v) is 8.10. The standard InChI is InChI=1S/C12H18S6/c1-13-7-8(14-2)10(16-4)12(18-6)11(17-5)9(7)15-3/h1-6H3. The maximum Gasteiger partial charge on any atom is 0.0365 e. The van der Waals surface area contributed by atoms with Crippen molar-refractivity contribution in [2.24, 2.45) is 0 Å². The maximum atomic E-state index is 2.18. The van der Waals surface area contributed by atoms with E-state index in [0.29, 0.717) is 0 Å². The van der Waals surface area contributed by atoms with E-state index in [1.165, 1.54) is 29.4 Å². The van der Waals surface area contributed by atoms with Crippen LogP contribution in [0.4, 0.5) is 0 Å². The molecule has 0 nitrogen and oxygen atoms in total. The molecule has 0 fully saturated rings. The second kappa shape index (κ2) is 8.57. The number of benzene rings is 1. The zero-order valence-corrected chi connectivity index (χ0v) is 16.3. The molecule has 0 aromatic heterocycles. The van der Waals surface area contributed by atoms with Crippen molar-refractivity contribution in [3.8, 4) is 0 Å². The van der Waals surface area contributed by atoms with Gasteiger partial charge in [-0.2, -0.15) is 0 Å². The number of thioether (sulfide) groups is 6. The van der Waals surface area contributed by atoms with Gasteiger partial charge in [0, 0.05) is 29.4 Å². The fraction of sp³-hybridized carbons (Fsp3) is 0.500. The van der Waals surface area contributed by atoms with E-state index in [0.717, 1.165) is 0 Å². The van der Waals surface area contributed by atoms with Gasteiger partial charge in [-0.15, -0.1) is 70.6 Å². The third-order valence-electron chi connectivity index (χ3n) is 2.46. The van der Waals surface area contributed by atoms with Crippen LogP contribution in [-0.4, -0.2) is 37.5 Å². The SMILES string of the molecule is CSc1c(SC)c(SC)c(SC)c(SC)c1SC. The van der Waals surface area contributed by atoms with Crippen LogP contribution in [0.2, 0.25) is 0 Å². The zero-order valence-electron chi connectivity index (χ0n) is 11.4. The molecule has 0 aliphatic heterocycles. The lowest BCUT2D eigenvalue weighted by atomic mass is 10.3. The summed E-state index contributed by atoms with van der Waals surface area (Å²) in [5.74, 6) is 0. The molecule has 0 amide bonds. The first-order valence-corrected chi connectivity index (χ1v) is 12.5. The van der Waals surface area contributed by atoms with E-state index in [-0.39, 0.29) is 0 Å². The molecular formula is C12H18S6. The van der Waals surface area contributed by atoms with E-state index < -0.39 is 0 Å². The van der Waals surface area contributed by atoms with E-state index in [4.69, 9.17) is 0 Å². The molecule has 0 spiro atoms. The molecule has 1 aromatic rings. The highest BCUT2D eigenvalue weighted by Crippen LogP contribution is 2.51. The van der Waals surface area contributed by atoms with Crippen molar-refractivity contribution in [1.82, 2.24) is 0 Å². The average molecular weight is 355 g/mol. The lowest BCUT2D eigenvalue weighted by Crippen LogP contribution is -1.94. The topological polar surface area (TPSA) is 0 Å². The molecule has 0 bridgehead atoms. The third-order valence-corrected chi connectivity index (χ3v) is 8.14. The first kappa shape index (κ1) is 17.4. The van der Waals surface area contributed by atoms with Gasteiger partial charge in [0.1, 0.15) is 0 Å². The Labute approximate surface area is 136 Å². The van der Waals surface area contributed by atoms with Gasteiger partial charge in [0.25, 0.3) is 0 Å². The van der Waals surface area contributed by atoms with Crippen LogP contribution in [0.3, 0.4) is 0 Å². The van der Waals surface area contributed by atoms with Gasteiger partial charge in [0.15, 0.2) is 0 Å². The van der Waals surface area contributed by atoms with Gasteiger partial charge in [0.05, 0.1) is 0 Å². The van der Waals surface area contributed by atoms with Crippen molar-refractivity contribution in [1.29, 1.82) is 0 Å². The van der Waals surface area contributed by atoms with E-state index in [1.807, 2.05) is 70.6 Å². The summed E-state index contributed by atoms with van der Waals surface area (Å²) in [5, 5.41) is 0. The molecule has 0 aliphatic rings. The molecule has 0 saturated carbocycles. The molecule has 1 rings (SSSR count). The van der Waals surface area contributed by atoms with Crippen molar-refractivity contribution in [2.45, 2.75) is 29.4 Å². The zero-order chi connectivity index (χ0) is 13.7. The van der Waals surface area contributed by atoms with Crippen molar-refractivity contribution in [2.75, 3.05) is 37.5 Å². The molecule has 102 valence electrons. The third kappa shape index (κ3) is 3.31. The normalized spacial score (nSPS) is 11.0. The molecule has 0 aliphatic carbocycles. The minimum atomic E-state index is 1.45. The first-order valence-electron chi connectivity index (χ1n) is 5.17. The lowest BCUT2D eigenvalue weighted by molar-refractivity contribution is 0.879. The van der Waals surface area contributed by atoms with Crippen molar-refractivity contribution in [3.05, 3.63) is 0 Å². The number of hydrogen-bond acceptors (Lipinski definition) is 6. The molecule has 0 radical (unpaired) electrons. The Kier molecular flexibility index (Phi) is 8.27. The van der Waals surface area contributed by atoms with Crippen LogP contribution in [0, 0.1) is 0 Å². The van der Waals surface area contributed by atoms with Gasteiger partial charge < -0.3 is 0 Å². The van der Waals surface area contributed by atoms with E-state index in [9.17, 15) is 0 Å². The Bertz CT molecular complexity index is 295. The summed E-state index contributed by atoms with van der Waals surface area (Å²) in [6.45, 7) is 0. The van der Waals surface area contributed by atoms with Crippen LogP contribution in [0.25, 0.3) is 0 Å².